The maximum atomic E-state index is 11.8. The van der Waals surface area contributed by atoms with Gasteiger partial charge in [-0.15, -0.1) is 0 Å². The van der Waals surface area contributed by atoms with Crippen LogP contribution in [0.25, 0.3) is 10.9 Å². The smallest absolute Gasteiger partial charge is 0.227 e. The predicted molar refractivity (Wildman–Crippen MR) is 85.4 cm³/mol. The molecule has 4 heteroatoms. The Bertz CT molecular complexity index is 656. The standard InChI is InChI=1S/C16H19BrN2O/c1-10(15-4-3-7-18-15)14-9-19(11(2)20)16-6-5-12(17)8-13(14)16/h5-6,8-10,15,18H,3-4,7H2,1-2H3. The third kappa shape index (κ3) is 2.31. The van der Waals surface area contributed by atoms with Gasteiger partial charge in [-0.05, 0) is 49.1 Å². The van der Waals surface area contributed by atoms with Crippen LogP contribution in [0.5, 0.6) is 0 Å². The fourth-order valence-corrected chi connectivity index (χ4v) is 3.57. The Labute approximate surface area is 127 Å². The van der Waals surface area contributed by atoms with Crippen LogP contribution < -0.4 is 5.32 Å². The molecule has 3 nitrogen and oxygen atoms in total. The summed E-state index contributed by atoms with van der Waals surface area (Å²) in [5.74, 6) is 0.477. The molecule has 2 heterocycles. The summed E-state index contributed by atoms with van der Waals surface area (Å²) in [5.41, 5.74) is 2.26. The molecule has 1 fully saturated rings. The number of hydrogen-bond acceptors (Lipinski definition) is 2. The van der Waals surface area contributed by atoms with Crippen LogP contribution in [0.2, 0.25) is 0 Å². The summed E-state index contributed by atoms with van der Waals surface area (Å²) < 4.78 is 2.82. The van der Waals surface area contributed by atoms with Gasteiger partial charge < -0.3 is 5.32 Å². The van der Waals surface area contributed by atoms with Crippen molar-refractivity contribution in [2.24, 2.45) is 0 Å². The highest BCUT2D eigenvalue weighted by molar-refractivity contribution is 9.10. The lowest BCUT2D eigenvalue weighted by atomic mass is 9.92. The van der Waals surface area contributed by atoms with Crippen molar-refractivity contribution in [1.82, 2.24) is 9.88 Å². The number of aromatic nitrogens is 1. The molecule has 1 saturated heterocycles. The van der Waals surface area contributed by atoms with Gasteiger partial charge in [0.25, 0.3) is 0 Å². The lowest BCUT2D eigenvalue weighted by Crippen LogP contribution is -2.27. The molecule has 0 saturated carbocycles. The van der Waals surface area contributed by atoms with Gasteiger partial charge in [-0.3, -0.25) is 9.36 Å². The SMILES string of the molecule is CC(=O)n1cc(C(C)C2CCCN2)c2cc(Br)ccc21. The minimum absolute atomic E-state index is 0.0650. The van der Waals surface area contributed by atoms with Crippen LogP contribution in [0.1, 0.15) is 43.0 Å². The third-order valence-electron chi connectivity index (χ3n) is 4.33. The van der Waals surface area contributed by atoms with E-state index in [0.29, 0.717) is 12.0 Å². The lowest BCUT2D eigenvalue weighted by Gasteiger charge is -2.19. The molecule has 106 valence electrons. The molecule has 0 amide bonds. The van der Waals surface area contributed by atoms with Gasteiger partial charge in [0.05, 0.1) is 5.52 Å². The topological polar surface area (TPSA) is 34.0 Å². The first-order valence-corrected chi connectivity index (χ1v) is 7.92. The molecule has 1 aromatic heterocycles. The number of fused-ring (bicyclic) bond motifs is 1. The summed E-state index contributed by atoms with van der Waals surface area (Å²) in [4.78, 5) is 11.8. The van der Waals surface area contributed by atoms with Crippen molar-refractivity contribution in [2.45, 2.75) is 38.6 Å². The van der Waals surface area contributed by atoms with Crippen molar-refractivity contribution < 1.29 is 4.79 Å². The van der Waals surface area contributed by atoms with Crippen molar-refractivity contribution in [3.8, 4) is 0 Å². The molecule has 0 aliphatic carbocycles. The molecule has 0 bridgehead atoms. The molecule has 2 unspecified atom stereocenters. The van der Waals surface area contributed by atoms with Gasteiger partial charge in [-0.25, -0.2) is 0 Å². The second kappa shape index (κ2) is 5.34. The Morgan fingerprint density at radius 2 is 2.30 bits per heavy atom. The molecule has 0 radical (unpaired) electrons. The highest BCUT2D eigenvalue weighted by Crippen LogP contribution is 2.33. The average molecular weight is 335 g/mol. The lowest BCUT2D eigenvalue weighted by molar-refractivity contribution is 0.0941. The molecule has 3 rings (SSSR count). The zero-order valence-electron chi connectivity index (χ0n) is 11.8. The zero-order chi connectivity index (χ0) is 14.3. The van der Waals surface area contributed by atoms with Crippen LogP contribution >= 0.6 is 15.9 Å². The molecule has 1 N–H and O–H groups in total. The first-order chi connectivity index (χ1) is 9.58. The second-order valence-corrected chi connectivity index (χ2v) is 6.54. The second-order valence-electron chi connectivity index (χ2n) is 5.63. The van der Waals surface area contributed by atoms with E-state index in [2.05, 4.69) is 34.2 Å². The quantitative estimate of drug-likeness (QED) is 0.903. The zero-order valence-corrected chi connectivity index (χ0v) is 13.4. The normalized spacial score (nSPS) is 20.4. The maximum absolute atomic E-state index is 11.8. The van der Waals surface area contributed by atoms with E-state index in [1.807, 2.05) is 18.3 Å². The Kier molecular flexibility index (Phi) is 3.69. The molecule has 1 aliphatic rings. The highest BCUT2D eigenvalue weighted by Gasteiger charge is 2.25. The fourth-order valence-electron chi connectivity index (χ4n) is 3.21. The number of halogens is 1. The molecular weight excluding hydrogens is 316 g/mol. The number of nitrogens with one attached hydrogen (secondary N) is 1. The van der Waals surface area contributed by atoms with Crippen molar-refractivity contribution in [1.29, 1.82) is 0 Å². The molecule has 0 spiro atoms. The summed E-state index contributed by atoms with van der Waals surface area (Å²) in [7, 11) is 0. The third-order valence-corrected chi connectivity index (χ3v) is 4.82. The Balaban J connectivity index is 2.13. The first-order valence-electron chi connectivity index (χ1n) is 7.13. The summed E-state index contributed by atoms with van der Waals surface area (Å²) in [6, 6.07) is 6.64. The van der Waals surface area contributed by atoms with Crippen molar-refractivity contribution in [2.75, 3.05) is 6.54 Å². The minimum atomic E-state index is 0.0650. The minimum Gasteiger partial charge on any atom is -0.313 e. The van der Waals surface area contributed by atoms with Crippen LogP contribution in [0.15, 0.2) is 28.9 Å². The first kappa shape index (κ1) is 13.8. The van der Waals surface area contributed by atoms with E-state index in [-0.39, 0.29) is 5.91 Å². The Morgan fingerprint density at radius 1 is 1.50 bits per heavy atom. The van der Waals surface area contributed by atoms with E-state index in [4.69, 9.17) is 0 Å². The van der Waals surface area contributed by atoms with Crippen LogP contribution in [-0.2, 0) is 0 Å². The number of carbonyl (C=O) groups is 1. The maximum Gasteiger partial charge on any atom is 0.227 e. The van der Waals surface area contributed by atoms with Crippen LogP contribution in [0, 0.1) is 0 Å². The number of nitrogens with zero attached hydrogens (tertiary/aromatic N) is 1. The van der Waals surface area contributed by atoms with E-state index >= 15 is 0 Å². The van der Waals surface area contributed by atoms with Crippen LogP contribution in [0.4, 0.5) is 0 Å². The Morgan fingerprint density at radius 3 is 2.95 bits per heavy atom. The number of carbonyl (C=O) groups excluding carboxylic acids is 1. The van der Waals surface area contributed by atoms with Gasteiger partial charge in [-0.2, -0.15) is 0 Å². The average Bonchev–Trinajstić information content (AvgIpc) is 3.05. The fraction of sp³-hybridized carbons (Fsp3) is 0.438. The van der Waals surface area contributed by atoms with Gasteiger partial charge in [0, 0.05) is 29.0 Å². The van der Waals surface area contributed by atoms with Crippen molar-refractivity contribution >= 4 is 32.7 Å². The van der Waals surface area contributed by atoms with E-state index in [0.717, 1.165) is 16.5 Å². The van der Waals surface area contributed by atoms with Crippen molar-refractivity contribution in [3.63, 3.8) is 0 Å². The molecule has 2 aromatic rings. The Hall–Kier alpha value is -1.13. The number of rotatable bonds is 2. The number of hydrogen-bond donors (Lipinski definition) is 1. The van der Waals surface area contributed by atoms with Gasteiger partial charge in [0.1, 0.15) is 0 Å². The summed E-state index contributed by atoms with van der Waals surface area (Å²) >= 11 is 3.54. The molecule has 1 aromatic carbocycles. The van der Waals surface area contributed by atoms with E-state index in [1.165, 1.54) is 23.8 Å². The van der Waals surface area contributed by atoms with Gasteiger partial charge in [0.2, 0.25) is 5.91 Å². The summed E-state index contributed by atoms with van der Waals surface area (Å²) in [5, 5.41) is 4.74. The van der Waals surface area contributed by atoms with Crippen molar-refractivity contribution in [3.05, 3.63) is 34.4 Å². The number of benzene rings is 1. The largest absolute Gasteiger partial charge is 0.313 e. The van der Waals surface area contributed by atoms with Gasteiger partial charge >= 0.3 is 0 Å². The summed E-state index contributed by atoms with van der Waals surface area (Å²) in [6.45, 7) is 4.97. The van der Waals surface area contributed by atoms with E-state index in [1.54, 1.807) is 11.5 Å². The van der Waals surface area contributed by atoms with Crippen LogP contribution in [-0.4, -0.2) is 23.1 Å². The predicted octanol–water partition coefficient (Wildman–Crippen LogP) is 3.92. The van der Waals surface area contributed by atoms with Gasteiger partial charge in [0.15, 0.2) is 0 Å². The molecule has 1 aliphatic heterocycles. The summed E-state index contributed by atoms with van der Waals surface area (Å²) in [6.07, 6.45) is 4.47. The molecule has 20 heavy (non-hydrogen) atoms. The van der Waals surface area contributed by atoms with E-state index in [9.17, 15) is 4.79 Å². The van der Waals surface area contributed by atoms with Gasteiger partial charge in [-0.1, -0.05) is 22.9 Å². The molecular formula is C16H19BrN2O. The highest BCUT2D eigenvalue weighted by atomic mass is 79.9. The monoisotopic (exact) mass is 334 g/mol. The van der Waals surface area contributed by atoms with Crippen LogP contribution in [0.3, 0.4) is 0 Å². The molecule has 2 atom stereocenters. The van der Waals surface area contributed by atoms with E-state index < -0.39 is 0 Å².